The molecule has 0 unspecified atom stereocenters. The Balaban J connectivity index is 2.11. The van der Waals surface area contributed by atoms with E-state index in [4.69, 9.17) is 20.0 Å². The van der Waals surface area contributed by atoms with Crippen molar-refractivity contribution in [3.63, 3.8) is 0 Å². The number of halogens is 1. The zero-order valence-electron chi connectivity index (χ0n) is 10.6. The predicted molar refractivity (Wildman–Crippen MR) is 80.3 cm³/mol. The Bertz CT molecular complexity index is 786. The van der Waals surface area contributed by atoms with Crippen LogP contribution in [0.5, 0.6) is 0 Å². The molecule has 0 aliphatic carbocycles. The highest BCUT2D eigenvalue weighted by Crippen LogP contribution is 2.29. The number of H-pyrrole nitrogens is 1. The van der Waals surface area contributed by atoms with E-state index in [9.17, 15) is 9.59 Å². The smallest absolute Gasteiger partial charge is 0.311 e. The summed E-state index contributed by atoms with van der Waals surface area (Å²) in [5.41, 5.74) is 11.3. The lowest BCUT2D eigenvalue weighted by molar-refractivity contribution is -0.0159. The van der Waals surface area contributed by atoms with Gasteiger partial charge in [0.1, 0.15) is 4.70 Å². The van der Waals surface area contributed by atoms with Gasteiger partial charge in [-0.15, -0.1) is 0 Å². The van der Waals surface area contributed by atoms with Gasteiger partial charge in [-0.25, -0.2) is 0 Å². The number of thiazole rings is 1. The highest BCUT2D eigenvalue weighted by Gasteiger charge is 2.36. The van der Waals surface area contributed by atoms with Crippen LogP contribution < -0.4 is 21.9 Å². The quantitative estimate of drug-likeness (QED) is 0.665. The molecule has 3 atom stereocenters. The number of hydrogen-bond donors (Lipinski definition) is 3. The number of nitrogen functional groups attached to an aromatic ring is 1. The van der Waals surface area contributed by atoms with Crippen molar-refractivity contribution in [1.29, 1.82) is 0 Å². The normalized spacial score (nSPS) is 25.7. The summed E-state index contributed by atoms with van der Waals surface area (Å²) in [6.45, 7) is 0.303. The summed E-state index contributed by atoms with van der Waals surface area (Å²) in [4.78, 5) is 30.0. The SMILES string of the molecule is Nc1nc2c(sc(=O)n2[C@@H]2O[C@H](COBr)C[C@H]2N)c(=O)[nH]1. The average Bonchev–Trinajstić information content (AvgIpc) is 2.90. The minimum absolute atomic E-state index is 0.0639. The summed E-state index contributed by atoms with van der Waals surface area (Å²) < 4.78 is 12.1. The van der Waals surface area contributed by atoms with E-state index >= 15 is 0 Å². The van der Waals surface area contributed by atoms with Crippen LogP contribution in [0.3, 0.4) is 0 Å². The van der Waals surface area contributed by atoms with E-state index in [1.54, 1.807) is 0 Å². The summed E-state index contributed by atoms with van der Waals surface area (Å²) in [6.07, 6.45) is -0.420. The van der Waals surface area contributed by atoms with Crippen LogP contribution in [0.25, 0.3) is 10.3 Å². The molecule has 1 fully saturated rings. The van der Waals surface area contributed by atoms with Gasteiger partial charge in [-0.3, -0.25) is 19.1 Å². The number of ether oxygens (including phenoxy) is 1. The van der Waals surface area contributed by atoms with E-state index in [1.165, 1.54) is 4.57 Å². The minimum atomic E-state index is -0.701. The van der Waals surface area contributed by atoms with Gasteiger partial charge in [-0.1, -0.05) is 11.3 Å². The van der Waals surface area contributed by atoms with E-state index < -0.39 is 17.8 Å². The van der Waals surface area contributed by atoms with Gasteiger partial charge in [0.15, 0.2) is 11.9 Å². The Morgan fingerprint density at radius 3 is 3.05 bits per heavy atom. The molecular weight excluding hydrogens is 366 g/mol. The maximum atomic E-state index is 12.2. The van der Waals surface area contributed by atoms with Crippen molar-refractivity contribution in [2.24, 2.45) is 5.73 Å². The van der Waals surface area contributed by atoms with Crippen LogP contribution in [0, 0.1) is 0 Å². The van der Waals surface area contributed by atoms with E-state index in [0.29, 0.717) is 13.0 Å². The number of fused-ring (bicyclic) bond motifs is 1. The van der Waals surface area contributed by atoms with Crippen LogP contribution in [0.2, 0.25) is 0 Å². The molecule has 0 radical (unpaired) electrons. The van der Waals surface area contributed by atoms with Gasteiger partial charge in [-0.05, 0) is 6.42 Å². The zero-order chi connectivity index (χ0) is 15.1. The molecule has 9 nitrogen and oxygen atoms in total. The molecule has 2 aromatic heterocycles. The van der Waals surface area contributed by atoms with Crippen molar-refractivity contribution in [2.75, 3.05) is 12.3 Å². The van der Waals surface area contributed by atoms with Gasteiger partial charge in [0.25, 0.3) is 5.56 Å². The Morgan fingerprint density at radius 1 is 1.57 bits per heavy atom. The number of nitrogens with zero attached hydrogens (tertiary/aromatic N) is 2. The first-order valence-electron chi connectivity index (χ1n) is 6.06. The molecule has 1 aliphatic heterocycles. The molecule has 0 saturated carbocycles. The van der Waals surface area contributed by atoms with Gasteiger partial charge in [-0.2, -0.15) is 4.98 Å². The monoisotopic (exact) mass is 377 g/mol. The molecule has 1 saturated heterocycles. The zero-order valence-corrected chi connectivity index (χ0v) is 13.0. The van der Waals surface area contributed by atoms with Crippen molar-refractivity contribution in [1.82, 2.24) is 14.5 Å². The molecular formula is C10H12BrN5O4S. The maximum absolute atomic E-state index is 12.2. The topological polar surface area (TPSA) is 138 Å². The summed E-state index contributed by atoms with van der Waals surface area (Å²) in [5, 5.41) is 0. The molecule has 0 amide bonds. The lowest BCUT2D eigenvalue weighted by atomic mass is 10.2. The Hall–Kier alpha value is -1.27. The number of aromatic amines is 1. The van der Waals surface area contributed by atoms with E-state index in [2.05, 4.69) is 26.2 Å². The molecule has 2 aromatic rings. The molecule has 0 bridgehead atoms. The third-order valence-corrected chi connectivity index (χ3v) is 4.44. The third-order valence-electron chi connectivity index (χ3n) is 3.23. The highest BCUT2D eigenvalue weighted by molar-refractivity contribution is 9.06. The minimum Gasteiger partial charge on any atom is -0.369 e. The summed E-state index contributed by atoms with van der Waals surface area (Å²) in [6, 6.07) is -0.407. The molecule has 1 aliphatic rings. The fourth-order valence-electron chi connectivity index (χ4n) is 2.37. The molecule has 114 valence electrons. The molecule has 5 N–H and O–H groups in total. The first-order chi connectivity index (χ1) is 10.0. The van der Waals surface area contributed by atoms with Gasteiger partial charge >= 0.3 is 4.87 Å². The van der Waals surface area contributed by atoms with Gasteiger partial charge < -0.3 is 20.0 Å². The molecule has 0 spiro atoms. The predicted octanol–water partition coefficient (Wildman–Crippen LogP) is -0.330. The Labute approximate surface area is 130 Å². The molecule has 0 aromatic carbocycles. The van der Waals surface area contributed by atoms with Crippen molar-refractivity contribution in [3.8, 4) is 0 Å². The van der Waals surface area contributed by atoms with E-state index in [0.717, 1.165) is 11.3 Å². The molecule has 11 heteroatoms. The second kappa shape index (κ2) is 5.50. The van der Waals surface area contributed by atoms with Crippen LogP contribution in [0.1, 0.15) is 12.6 Å². The first kappa shape index (κ1) is 14.7. The van der Waals surface area contributed by atoms with Gasteiger partial charge in [0, 0.05) is 0 Å². The van der Waals surface area contributed by atoms with Crippen LogP contribution in [-0.2, 0) is 8.57 Å². The van der Waals surface area contributed by atoms with Crippen LogP contribution in [0.4, 0.5) is 5.95 Å². The van der Waals surface area contributed by atoms with Crippen LogP contribution >= 0.6 is 27.6 Å². The Morgan fingerprint density at radius 2 is 2.33 bits per heavy atom. The standard InChI is InChI=1S/C10H12BrN5O4S/c11-19-2-3-1-4(12)8(20-3)16-6-5(21-10(16)18)7(17)15-9(13)14-6/h3-4,8H,1-2,12H2,(H3,13,14,15,17)/t3-,4+,8+/m0/s1. The molecule has 3 rings (SSSR count). The second-order valence-corrected chi connectivity index (χ2v) is 6.09. The van der Waals surface area contributed by atoms with Crippen molar-refractivity contribution < 1.29 is 8.57 Å². The summed E-state index contributed by atoms with van der Waals surface area (Å²) in [7, 11) is 0. The van der Waals surface area contributed by atoms with Crippen molar-refractivity contribution in [3.05, 3.63) is 20.0 Å². The van der Waals surface area contributed by atoms with Crippen molar-refractivity contribution in [2.45, 2.75) is 24.8 Å². The number of rotatable bonds is 3. The highest BCUT2D eigenvalue weighted by atomic mass is 79.9. The average molecular weight is 378 g/mol. The maximum Gasteiger partial charge on any atom is 0.311 e. The third kappa shape index (κ3) is 2.51. The second-order valence-electron chi connectivity index (χ2n) is 4.67. The van der Waals surface area contributed by atoms with Crippen molar-refractivity contribution >= 4 is 43.9 Å². The fourth-order valence-corrected chi connectivity index (χ4v) is 3.51. The van der Waals surface area contributed by atoms with E-state index in [1.807, 2.05) is 0 Å². The number of hydrogen-bond acceptors (Lipinski definition) is 8. The molecule has 21 heavy (non-hydrogen) atoms. The fraction of sp³-hybridized carbons (Fsp3) is 0.500. The number of anilines is 1. The lowest BCUT2D eigenvalue weighted by Crippen LogP contribution is -2.32. The largest absolute Gasteiger partial charge is 0.369 e. The first-order valence-corrected chi connectivity index (χ1v) is 7.53. The van der Waals surface area contributed by atoms with Gasteiger partial charge in [0.2, 0.25) is 5.95 Å². The van der Waals surface area contributed by atoms with Gasteiger partial charge in [0.05, 0.1) is 35.0 Å². The molecule has 3 heterocycles. The van der Waals surface area contributed by atoms with E-state index in [-0.39, 0.29) is 27.3 Å². The lowest BCUT2D eigenvalue weighted by Gasteiger charge is -2.16. The summed E-state index contributed by atoms with van der Waals surface area (Å²) >= 11 is 3.65. The summed E-state index contributed by atoms with van der Waals surface area (Å²) in [5.74, 6) is -0.0639. The number of nitrogens with one attached hydrogen (secondary N) is 1. The number of nitrogens with two attached hydrogens (primary N) is 2. The number of aromatic nitrogens is 3. The van der Waals surface area contributed by atoms with Crippen LogP contribution in [0.15, 0.2) is 9.59 Å². The van der Waals surface area contributed by atoms with Crippen LogP contribution in [-0.4, -0.2) is 33.3 Å². The Kier molecular flexibility index (Phi) is 3.84.